The number of rotatable bonds is 6. The number of alkyl halides is 1. The number of hydrogen-bond donors (Lipinski definition) is 4. The van der Waals surface area contributed by atoms with Crippen molar-refractivity contribution in [2.75, 3.05) is 25.2 Å². The normalized spacial score (nSPS) is 13.3. The van der Waals surface area contributed by atoms with Gasteiger partial charge < -0.3 is 20.0 Å². The largest absolute Gasteiger partial charge is 0.469 e. The summed E-state index contributed by atoms with van der Waals surface area (Å²) < 4.78 is 14.5. The van der Waals surface area contributed by atoms with Crippen LogP contribution >= 0.6 is 23.8 Å². The van der Waals surface area contributed by atoms with E-state index < -0.39 is 33.1 Å². The van der Waals surface area contributed by atoms with Crippen molar-refractivity contribution in [1.82, 2.24) is 0 Å². The van der Waals surface area contributed by atoms with Crippen LogP contribution in [-0.2, 0) is 9.09 Å². The van der Waals surface area contributed by atoms with Crippen molar-refractivity contribution in [2.45, 2.75) is 0 Å². The standard InChI is InChI=1S/C5H12BrO6P/c6-1-5(2-7,3-8)4-12-13(9,10)11/h7-8H,1-4H2,(H2,9,10,11). The third kappa shape index (κ3) is 5.07. The van der Waals surface area contributed by atoms with Gasteiger partial charge in [0.2, 0.25) is 0 Å². The molecular weight excluding hydrogens is 267 g/mol. The predicted octanol–water partition coefficient (Wildman–Crippen LogP) is -0.538. The average Bonchev–Trinajstić information content (AvgIpc) is 2.06. The number of phosphoric ester groups is 1. The molecule has 0 saturated carbocycles. The topological polar surface area (TPSA) is 107 Å². The molecule has 0 radical (unpaired) electrons. The number of hydrogen-bond acceptors (Lipinski definition) is 4. The Morgan fingerprint density at radius 3 is 2.00 bits per heavy atom. The summed E-state index contributed by atoms with van der Waals surface area (Å²) in [6, 6.07) is 0. The number of aliphatic hydroxyl groups excluding tert-OH is 2. The highest BCUT2D eigenvalue weighted by Crippen LogP contribution is 2.38. The smallest absolute Gasteiger partial charge is 0.396 e. The van der Waals surface area contributed by atoms with Crippen LogP contribution < -0.4 is 0 Å². The lowest BCUT2D eigenvalue weighted by atomic mass is 9.95. The maximum Gasteiger partial charge on any atom is 0.469 e. The molecule has 0 heterocycles. The van der Waals surface area contributed by atoms with E-state index in [0.29, 0.717) is 0 Å². The lowest BCUT2D eigenvalue weighted by molar-refractivity contribution is 0.0231. The summed E-state index contributed by atoms with van der Waals surface area (Å²) in [5, 5.41) is 17.9. The first kappa shape index (κ1) is 13.5. The van der Waals surface area contributed by atoms with Gasteiger partial charge in [-0.05, 0) is 0 Å². The molecule has 4 N–H and O–H groups in total. The van der Waals surface area contributed by atoms with Crippen LogP contribution in [0.3, 0.4) is 0 Å². The first-order chi connectivity index (χ1) is 5.89. The van der Waals surface area contributed by atoms with E-state index in [1.54, 1.807) is 0 Å². The summed E-state index contributed by atoms with van der Waals surface area (Å²) in [6.07, 6.45) is 0. The Bertz CT molecular complexity index is 179. The average molecular weight is 279 g/mol. The first-order valence-electron chi connectivity index (χ1n) is 3.37. The van der Waals surface area contributed by atoms with Gasteiger partial charge in [-0.3, -0.25) is 4.52 Å². The van der Waals surface area contributed by atoms with Gasteiger partial charge >= 0.3 is 7.82 Å². The van der Waals surface area contributed by atoms with E-state index in [4.69, 9.17) is 20.0 Å². The number of aliphatic hydroxyl groups is 2. The number of halogens is 1. The van der Waals surface area contributed by atoms with Crippen molar-refractivity contribution < 1.29 is 29.1 Å². The highest BCUT2D eigenvalue weighted by molar-refractivity contribution is 9.09. The Balaban J connectivity index is 4.19. The van der Waals surface area contributed by atoms with Crippen LogP contribution in [0.2, 0.25) is 0 Å². The SMILES string of the molecule is O=P(O)(O)OCC(CO)(CO)CBr. The predicted molar refractivity (Wildman–Crippen MR) is 48.4 cm³/mol. The highest BCUT2D eigenvalue weighted by Gasteiger charge is 2.31. The Morgan fingerprint density at radius 2 is 1.77 bits per heavy atom. The van der Waals surface area contributed by atoms with Gasteiger partial charge in [0.25, 0.3) is 0 Å². The van der Waals surface area contributed by atoms with Gasteiger partial charge in [0.1, 0.15) is 0 Å². The quantitative estimate of drug-likeness (QED) is 0.384. The minimum atomic E-state index is -4.54. The van der Waals surface area contributed by atoms with Crippen LogP contribution in [0.25, 0.3) is 0 Å². The fourth-order valence-corrected chi connectivity index (χ4v) is 1.44. The third-order valence-electron chi connectivity index (χ3n) is 1.49. The minimum Gasteiger partial charge on any atom is -0.396 e. The lowest BCUT2D eigenvalue weighted by Gasteiger charge is -2.26. The van der Waals surface area contributed by atoms with Gasteiger partial charge in [0.05, 0.1) is 25.2 Å². The summed E-state index contributed by atoms with van der Waals surface area (Å²) in [7, 11) is -4.54. The summed E-state index contributed by atoms with van der Waals surface area (Å²) in [5.41, 5.74) is -1.05. The number of phosphoric acid groups is 1. The summed E-state index contributed by atoms with van der Waals surface area (Å²) in [6.45, 7) is -1.25. The van der Waals surface area contributed by atoms with Gasteiger partial charge in [-0.15, -0.1) is 0 Å². The van der Waals surface area contributed by atoms with Crippen molar-refractivity contribution in [3.05, 3.63) is 0 Å². The van der Waals surface area contributed by atoms with E-state index in [-0.39, 0.29) is 5.33 Å². The molecule has 13 heavy (non-hydrogen) atoms. The fraction of sp³-hybridized carbons (Fsp3) is 1.00. The zero-order valence-electron chi connectivity index (χ0n) is 6.76. The molecule has 80 valence electrons. The second-order valence-corrected chi connectivity index (χ2v) is 4.51. The Kier molecular flexibility index (Phi) is 5.62. The molecule has 0 saturated heterocycles. The first-order valence-corrected chi connectivity index (χ1v) is 6.02. The monoisotopic (exact) mass is 278 g/mol. The second kappa shape index (κ2) is 5.41. The summed E-state index contributed by atoms with van der Waals surface area (Å²) in [5.74, 6) is 0. The Hall–Kier alpha value is 0.510. The molecule has 0 aliphatic heterocycles. The van der Waals surface area contributed by atoms with E-state index in [1.807, 2.05) is 0 Å². The van der Waals surface area contributed by atoms with Gasteiger partial charge in [0, 0.05) is 5.33 Å². The molecule has 0 aliphatic carbocycles. The molecule has 0 bridgehead atoms. The van der Waals surface area contributed by atoms with E-state index in [9.17, 15) is 4.57 Å². The van der Waals surface area contributed by atoms with Gasteiger partial charge in [0.15, 0.2) is 0 Å². The van der Waals surface area contributed by atoms with E-state index >= 15 is 0 Å². The molecule has 0 rings (SSSR count). The third-order valence-corrected chi connectivity index (χ3v) is 3.15. The molecule has 8 heteroatoms. The van der Waals surface area contributed by atoms with Crippen LogP contribution in [0.1, 0.15) is 0 Å². The van der Waals surface area contributed by atoms with Gasteiger partial charge in [-0.1, -0.05) is 15.9 Å². The molecule has 0 amide bonds. The second-order valence-electron chi connectivity index (χ2n) is 2.71. The molecule has 0 aliphatic rings. The Morgan fingerprint density at radius 1 is 1.31 bits per heavy atom. The van der Waals surface area contributed by atoms with Crippen molar-refractivity contribution in [2.24, 2.45) is 5.41 Å². The van der Waals surface area contributed by atoms with Crippen LogP contribution in [0, 0.1) is 5.41 Å². The van der Waals surface area contributed by atoms with Crippen molar-refractivity contribution >= 4 is 23.8 Å². The summed E-state index contributed by atoms with van der Waals surface area (Å²) in [4.78, 5) is 16.8. The van der Waals surface area contributed by atoms with Crippen molar-refractivity contribution in [3.8, 4) is 0 Å². The zero-order chi connectivity index (χ0) is 10.5. The van der Waals surface area contributed by atoms with Crippen molar-refractivity contribution in [1.29, 1.82) is 0 Å². The van der Waals surface area contributed by atoms with Crippen molar-refractivity contribution in [3.63, 3.8) is 0 Å². The highest BCUT2D eigenvalue weighted by atomic mass is 79.9. The molecule has 0 spiro atoms. The zero-order valence-corrected chi connectivity index (χ0v) is 9.24. The van der Waals surface area contributed by atoms with Gasteiger partial charge in [-0.2, -0.15) is 0 Å². The molecule has 6 nitrogen and oxygen atoms in total. The maximum absolute atomic E-state index is 10.3. The van der Waals surface area contributed by atoms with E-state index in [1.165, 1.54) is 0 Å². The molecule has 0 aromatic heterocycles. The molecule has 0 fully saturated rings. The molecule has 0 atom stereocenters. The van der Waals surface area contributed by atoms with Crippen LogP contribution in [0.4, 0.5) is 0 Å². The van der Waals surface area contributed by atoms with Gasteiger partial charge in [-0.25, -0.2) is 4.57 Å². The molecule has 0 unspecified atom stereocenters. The molecule has 0 aromatic carbocycles. The Labute approximate surface area is 83.9 Å². The minimum absolute atomic E-state index is 0.188. The van der Waals surface area contributed by atoms with Crippen LogP contribution in [-0.4, -0.2) is 45.2 Å². The van der Waals surface area contributed by atoms with E-state index in [0.717, 1.165) is 0 Å². The summed E-state index contributed by atoms with van der Waals surface area (Å²) >= 11 is 3.01. The van der Waals surface area contributed by atoms with Crippen LogP contribution in [0.5, 0.6) is 0 Å². The molecule has 0 aromatic rings. The maximum atomic E-state index is 10.3. The molecular formula is C5H12BrO6P. The van der Waals surface area contributed by atoms with E-state index in [2.05, 4.69) is 20.5 Å². The van der Waals surface area contributed by atoms with Crippen LogP contribution in [0.15, 0.2) is 0 Å². The lowest BCUT2D eigenvalue weighted by Crippen LogP contribution is -2.36. The fourth-order valence-electron chi connectivity index (χ4n) is 0.485.